The molecule has 0 aliphatic carbocycles. The van der Waals surface area contributed by atoms with E-state index in [1.165, 1.54) is 0 Å². The summed E-state index contributed by atoms with van der Waals surface area (Å²) in [5.41, 5.74) is 7.71. The third-order valence-electron chi connectivity index (χ3n) is 4.60. The SMILES string of the molecule is Cc1cc(Br)cc(C)c1OCC(=O)NN=Cc1c(C)n(C)c2ccccc12. The number of hydrogen-bond donors (Lipinski definition) is 1. The van der Waals surface area contributed by atoms with E-state index in [2.05, 4.69) is 37.1 Å². The molecule has 0 atom stereocenters. The van der Waals surface area contributed by atoms with Crippen LogP contribution in [0.5, 0.6) is 5.75 Å². The summed E-state index contributed by atoms with van der Waals surface area (Å²) in [6.07, 6.45) is 1.69. The predicted octanol–water partition coefficient (Wildman–Crippen LogP) is 4.40. The van der Waals surface area contributed by atoms with Gasteiger partial charge in [0.15, 0.2) is 6.61 Å². The Balaban J connectivity index is 1.66. The smallest absolute Gasteiger partial charge is 0.277 e. The van der Waals surface area contributed by atoms with Gasteiger partial charge in [-0.2, -0.15) is 5.10 Å². The number of benzene rings is 2. The Kier molecular flexibility index (Phi) is 5.65. The summed E-state index contributed by atoms with van der Waals surface area (Å²) in [7, 11) is 2.02. The first-order chi connectivity index (χ1) is 12.9. The van der Waals surface area contributed by atoms with Crippen LogP contribution in [0.25, 0.3) is 10.9 Å². The first-order valence-electron chi connectivity index (χ1n) is 8.64. The number of hydrazone groups is 1. The lowest BCUT2D eigenvalue weighted by Crippen LogP contribution is -2.25. The highest BCUT2D eigenvalue weighted by atomic mass is 79.9. The summed E-state index contributed by atoms with van der Waals surface area (Å²) in [6.45, 7) is 5.85. The molecule has 0 spiro atoms. The Morgan fingerprint density at radius 3 is 2.59 bits per heavy atom. The normalized spacial score (nSPS) is 11.3. The number of hydrogen-bond acceptors (Lipinski definition) is 3. The number of nitrogens with one attached hydrogen (secondary N) is 1. The van der Waals surface area contributed by atoms with Crippen LogP contribution < -0.4 is 10.2 Å². The van der Waals surface area contributed by atoms with Crippen LogP contribution in [0, 0.1) is 20.8 Å². The predicted molar refractivity (Wildman–Crippen MR) is 113 cm³/mol. The third kappa shape index (κ3) is 4.06. The topological polar surface area (TPSA) is 55.6 Å². The minimum Gasteiger partial charge on any atom is -0.483 e. The van der Waals surface area contributed by atoms with Crippen LogP contribution in [0.15, 0.2) is 46.0 Å². The van der Waals surface area contributed by atoms with Crippen LogP contribution in [-0.4, -0.2) is 23.3 Å². The molecule has 0 aliphatic heterocycles. The van der Waals surface area contributed by atoms with E-state index in [4.69, 9.17) is 4.74 Å². The van der Waals surface area contributed by atoms with Gasteiger partial charge in [-0.1, -0.05) is 34.1 Å². The second-order valence-corrected chi connectivity index (χ2v) is 7.44. The number of carbonyl (C=O) groups excluding carboxylic acids is 1. The average molecular weight is 428 g/mol. The average Bonchev–Trinajstić information content (AvgIpc) is 2.86. The van der Waals surface area contributed by atoms with Crippen LogP contribution in [0.1, 0.15) is 22.4 Å². The van der Waals surface area contributed by atoms with Gasteiger partial charge in [-0.25, -0.2) is 5.43 Å². The fourth-order valence-corrected chi connectivity index (χ4v) is 3.86. The highest BCUT2D eigenvalue weighted by molar-refractivity contribution is 9.10. The number of fused-ring (bicyclic) bond motifs is 1. The van der Waals surface area contributed by atoms with Crippen LogP contribution in [-0.2, 0) is 11.8 Å². The van der Waals surface area contributed by atoms with Crippen LogP contribution in [0.3, 0.4) is 0 Å². The maximum atomic E-state index is 12.1. The van der Waals surface area contributed by atoms with Crippen molar-refractivity contribution >= 4 is 39.0 Å². The molecule has 6 heteroatoms. The molecular formula is C21H22BrN3O2. The number of ether oxygens (including phenoxy) is 1. The Labute approximate surface area is 167 Å². The van der Waals surface area contributed by atoms with Gasteiger partial charge in [-0.3, -0.25) is 4.79 Å². The fourth-order valence-electron chi connectivity index (χ4n) is 3.18. The van der Waals surface area contributed by atoms with Gasteiger partial charge in [0.25, 0.3) is 5.91 Å². The quantitative estimate of drug-likeness (QED) is 0.484. The lowest BCUT2D eigenvalue weighted by molar-refractivity contribution is -0.123. The Bertz CT molecular complexity index is 1010. The lowest BCUT2D eigenvalue weighted by Gasteiger charge is -2.11. The minimum atomic E-state index is -0.300. The number of aromatic nitrogens is 1. The molecule has 140 valence electrons. The second kappa shape index (κ2) is 7.96. The molecule has 0 saturated carbocycles. The van der Waals surface area contributed by atoms with Gasteiger partial charge in [-0.05, 0) is 50.1 Å². The van der Waals surface area contributed by atoms with Gasteiger partial charge in [0.05, 0.1) is 6.21 Å². The highest BCUT2D eigenvalue weighted by Gasteiger charge is 2.10. The van der Waals surface area contributed by atoms with E-state index in [9.17, 15) is 4.79 Å². The Morgan fingerprint density at radius 1 is 1.22 bits per heavy atom. The van der Waals surface area contributed by atoms with Crippen LogP contribution >= 0.6 is 15.9 Å². The first kappa shape index (κ1) is 19.2. The maximum absolute atomic E-state index is 12.1. The summed E-state index contributed by atoms with van der Waals surface area (Å²) in [4.78, 5) is 12.1. The monoisotopic (exact) mass is 427 g/mol. The van der Waals surface area contributed by atoms with Crippen molar-refractivity contribution in [1.82, 2.24) is 9.99 Å². The number of amides is 1. The molecule has 1 heterocycles. The van der Waals surface area contributed by atoms with Gasteiger partial charge in [0, 0.05) is 33.7 Å². The molecule has 27 heavy (non-hydrogen) atoms. The van der Waals surface area contributed by atoms with Gasteiger partial charge in [0.1, 0.15) is 5.75 Å². The number of carbonyl (C=O) groups is 1. The molecule has 2 aromatic carbocycles. The molecule has 3 aromatic rings. The van der Waals surface area contributed by atoms with E-state index >= 15 is 0 Å². The number of halogens is 1. The third-order valence-corrected chi connectivity index (χ3v) is 5.06. The van der Waals surface area contributed by atoms with E-state index in [1.807, 2.05) is 58.2 Å². The molecule has 0 aliphatic rings. The molecule has 0 fully saturated rings. The largest absolute Gasteiger partial charge is 0.483 e. The van der Waals surface area contributed by atoms with Crippen molar-refractivity contribution in [2.24, 2.45) is 12.1 Å². The molecule has 0 bridgehead atoms. The minimum absolute atomic E-state index is 0.0881. The second-order valence-electron chi connectivity index (χ2n) is 6.53. The Morgan fingerprint density at radius 2 is 1.89 bits per heavy atom. The molecular weight excluding hydrogens is 406 g/mol. The maximum Gasteiger partial charge on any atom is 0.277 e. The lowest BCUT2D eigenvalue weighted by atomic mass is 10.1. The van der Waals surface area contributed by atoms with Gasteiger partial charge in [0.2, 0.25) is 0 Å². The molecule has 5 nitrogen and oxygen atoms in total. The Hall–Kier alpha value is -2.60. The van der Waals surface area contributed by atoms with Crippen molar-refractivity contribution in [1.29, 1.82) is 0 Å². The molecule has 1 amide bonds. The number of rotatable bonds is 5. The number of nitrogens with zero attached hydrogens (tertiary/aromatic N) is 2. The standard InChI is InChI=1S/C21H22BrN3O2/c1-13-9-16(22)10-14(2)21(13)27-12-20(26)24-23-11-18-15(3)25(4)19-8-6-5-7-17(18)19/h5-11H,12H2,1-4H3,(H,24,26). The van der Waals surface area contributed by atoms with Crippen molar-refractivity contribution < 1.29 is 9.53 Å². The van der Waals surface area contributed by atoms with Gasteiger partial charge >= 0.3 is 0 Å². The summed E-state index contributed by atoms with van der Waals surface area (Å²) in [5, 5.41) is 5.22. The van der Waals surface area contributed by atoms with E-state index in [1.54, 1.807) is 6.21 Å². The van der Waals surface area contributed by atoms with Crippen LogP contribution in [0.4, 0.5) is 0 Å². The molecule has 0 saturated heterocycles. The van der Waals surface area contributed by atoms with Crippen molar-refractivity contribution in [3.63, 3.8) is 0 Å². The van der Waals surface area contributed by atoms with Crippen molar-refractivity contribution in [2.45, 2.75) is 20.8 Å². The zero-order chi connectivity index (χ0) is 19.6. The molecule has 0 unspecified atom stereocenters. The highest BCUT2D eigenvalue weighted by Crippen LogP contribution is 2.27. The number of aryl methyl sites for hydroxylation is 3. The zero-order valence-corrected chi connectivity index (χ0v) is 17.4. The molecule has 1 aromatic heterocycles. The first-order valence-corrected chi connectivity index (χ1v) is 9.43. The van der Waals surface area contributed by atoms with Gasteiger partial charge in [-0.15, -0.1) is 0 Å². The molecule has 1 N–H and O–H groups in total. The summed E-state index contributed by atoms with van der Waals surface area (Å²) >= 11 is 3.45. The van der Waals surface area contributed by atoms with Crippen molar-refractivity contribution in [3.05, 3.63) is 63.3 Å². The van der Waals surface area contributed by atoms with Crippen molar-refractivity contribution in [2.75, 3.05) is 6.61 Å². The van der Waals surface area contributed by atoms with Gasteiger partial charge < -0.3 is 9.30 Å². The molecule has 3 rings (SSSR count). The molecule has 0 radical (unpaired) electrons. The summed E-state index contributed by atoms with van der Waals surface area (Å²) < 4.78 is 8.78. The van der Waals surface area contributed by atoms with Crippen LogP contribution in [0.2, 0.25) is 0 Å². The zero-order valence-electron chi connectivity index (χ0n) is 15.8. The summed E-state index contributed by atoms with van der Waals surface area (Å²) in [6, 6.07) is 12.0. The van der Waals surface area contributed by atoms with E-state index in [-0.39, 0.29) is 12.5 Å². The number of para-hydroxylation sites is 1. The fraction of sp³-hybridized carbons (Fsp3) is 0.238. The van der Waals surface area contributed by atoms with E-state index in [0.29, 0.717) is 0 Å². The van der Waals surface area contributed by atoms with Crippen molar-refractivity contribution in [3.8, 4) is 5.75 Å². The van der Waals surface area contributed by atoms with E-state index < -0.39 is 0 Å². The van der Waals surface area contributed by atoms with E-state index in [0.717, 1.165) is 43.5 Å². The summed E-state index contributed by atoms with van der Waals surface area (Å²) in [5.74, 6) is 0.424.